The van der Waals surface area contributed by atoms with Crippen LogP contribution in [0.4, 0.5) is 0 Å². The Kier molecular flexibility index (Phi) is 7.00. The summed E-state index contributed by atoms with van der Waals surface area (Å²) in [6, 6.07) is 0.768. The first-order valence-corrected chi connectivity index (χ1v) is 8.81. The van der Waals surface area contributed by atoms with Crippen molar-refractivity contribution in [1.29, 1.82) is 0 Å². The third-order valence-corrected chi connectivity index (χ3v) is 5.22. The van der Waals surface area contributed by atoms with Gasteiger partial charge in [-0.1, -0.05) is 26.7 Å². The molecule has 1 aliphatic rings. The summed E-state index contributed by atoms with van der Waals surface area (Å²) in [5.74, 6) is 0. The quantitative estimate of drug-likeness (QED) is 0.774. The summed E-state index contributed by atoms with van der Waals surface area (Å²) in [5.41, 5.74) is 0.659. The van der Waals surface area contributed by atoms with E-state index in [2.05, 4.69) is 51.8 Å². The van der Waals surface area contributed by atoms with Gasteiger partial charge in [-0.3, -0.25) is 0 Å². The maximum absolute atomic E-state index is 3.76. The molecular formula is C18H38N2. The first kappa shape index (κ1) is 18.0. The molecule has 1 rings (SSSR count). The molecule has 1 fully saturated rings. The van der Waals surface area contributed by atoms with Crippen molar-refractivity contribution >= 4 is 0 Å². The zero-order valence-corrected chi connectivity index (χ0v) is 14.9. The number of rotatable bonds is 6. The van der Waals surface area contributed by atoms with Crippen molar-refractivity contribution in [2.24, 2.45) is 5.41 Å². The van der Waals surface area contributed by atoms with E-state index >= 15 is 0 Å². The Bertz CT molecular complexity index is 263. The summed E-state index contributed by atoms with van der Waals surface area (Å²) in [7, 11) is 0. The molecule has 2 nitrogen and oxygen atoms in total. The highest BCUT2D eigenvalue weighted by Crippen LogP contribution is 2.30. The SMILES string of the molecule is CCC(CC)(CNC(C)(C)C)CN1CCCCCC1C. The maximum atomic E-state index is 3.76. The molecule has 1 heterocycles. The highest BCUT2D eigenvalue weighted by atomic mass is 15.2. The Morgan fingerprint density at radius 2 is 1.70 bits per heavy atom. The molecule has 1 saturated heterocycles. The van der Waals surface area contributed by atoms with Crippen molar-refractivity contribution in [3.8, 4) is 0 Å². The van der Waals surface area contributed by atoms with Crippen molar-refractivity contribution in [2.45, 2.75) is 91.6 Å². The Balaban J connectivity index is 2.68. The minimum absolute atomic E-state index is 0.222. The molecule has 0 aromatic heterocycles. The first-order chi connectivity index (χ1) is 9.32. The van der Waals surface area contributed by atoms with Crippen molar-refractivity contribution in [1.82, 2.24) is 10.2 Å². The molecule has 0 saturated carbocycles. The fourth-order valence-electron chi connectivity index (χ4n) is 3.23. The van der Waals surface area contributed by atoms with E-state index in [-0.39, 0.29) is 5.54 Å². The molecule has 120 valence electrons. The van der Waals surface area contributed by atoms with Gasteiger partial charge in [-0.05, 0) is 65.3 Å². The lowest BCUT2D eigenvalue weighted by atomic mass is 9.80. The molecule has 0 aliphatic carbocycles. The zero-order valence-electron chi connectivity index (χ0n) is 14.9. The second-order valence-corrected chi connectivity index (χ2v) is 7.98. The lowest BCUT2D eigenvalue weighted by Gasteiger charge is -2.41. The van der Waals surface area contributed by atoms with Crippen molar-refractivity contribution in [3.05, 3.63) is 0 Å². The van der Waals surface area contributed by atoms with E-state index in [1.165, 1.54) is 51.6 Å². The monoisotopic (exact) mass is 282 g/mol. The average molecular weight is 283 g/mol. The molecule has 0 amide bonds. The Hall–Kier alpha value is -0.0800. The second-order valence-electron chi connectivity index (χ2n) is 7.98. The zero-order chi connectivity index (χ0) is 15.2. The summed E-state index contributed by atoms with van der Waals surface area (Å²) in [5, 5.41) is 3.76. The van der Waals surface area contributed by atoms with Crippen LogP contribution in [-0.4, -0.2) is 36.1 Å². The van der Waals surface area contributed by atoms with Crippen LogP contribution in [0.2, 0.25) is 0 Å². The van der Waals surface area contributed by atoms with Crippen molar-refractivity contribution in [3.63, 3.8) is 0 Å². The molecule has 2 heteroatoms. The average Bonchev–Trinajstić information content (AvgIpc) is 2.59. The van der Waals surface area contributed by atoms with E-state index in [1.54, 1.807) is 0 Å². The van der Waals surface area contributed by atoms with Gasteiger partial charge in [0, 0.05) is 24.7 Å². The molecule has 1 unspecified atom stereocenters. The largest absolute Gasteiger partial charge is 0.311 e. The molecule has 0 radical (unpaired) electrons. The van der Waals surface area contributed by atoms with Crippen LogP contribution >= 0.6 is 0 Å². The highest BCUT2D eigenvalue weighted by Gasteiger charge is 2.31. The van der Waals surface area contributed by atoms with Crippen LogP contribution in [0.25, 0.3) is 0 Å². The molecule has 0 aromatic carbocycles. The maximum Gasteiger partial charge on any atom is 0.00967 e. The van der Waals surface area contributed by atoms with E-state index in [0.717, 1.165) is 12.6 Å². The number of likely N-dealkylation sites (tertiary alicyclic amines) is 1. The summed E-state index contributed by atoms with van der Waals surface area (Å²) >= 11 is 0. The van der Waals surface area contributed by atoms with Crippen LogP contribution in [0.1, 0.15) is 80.1 Å². The molecule has 1 aliphatic heterocycles. The molecule has 20 heavy (non-hydrogen) atoms. The second kappa shape index (κ2) is 7.79. The lowest BCUT2D eigenvalue weighted by molar-refractivity contribution is 0.0999. The Labute approximate surface area is 127 Å². The number of nitrogens with zero attached hydrogens (tertiary/aromatic N) is 1. The van der Waals surface area contributed by atoms with Gasteiger partial charge >= 0.3 is 0 Å². The van der Waals surface area contributed by atoms with Crippen LogP contribution in [0.3, 0.4) is 0 Å². The number of hydrogen-bond acceptors (Lipinski definition) is 2. The molecular weight excluding hydrogens is 244 g/mol. The van der Waals surface area contributed by atoms with E-state index in [9.17, 15) is 0 Å². The minimum Gasteiger partial charge on any atom is -0.311 e. The van der Waals surface area contributed by atoms with Crippen LogP contribution in [0.15, 0.2) is 0 Å². The summed E-state index contributed by atoms with van der Waals surface area (Å²) in [6.07, 6.45) is 8.16. The van der Waals surface area contributed by atoms with Gasteiger partial charge < -0.3 is 10.2 Å². The lowest BCUT2D eigenvalue weighted by Crippen LogP contribution is -2.50. The number of nitrogens with one attached hydrogen (secondary N) is 1. The van der Waals surface area contributed by atoms with Gasteiger partial charge in [0.2, 0.25) is 0 Å². The van der Waals surface area contributed by atoms with Gasteiger partial charge in [-0.25, -0.2) is 0 Å². The van der Waals surface area contributed by atoms with E-state index in [0.29, 0.717) is 5.41 Å². The molecule has 0 spiro atoms. The fraction of sp³-hybridized carbons (Fsp3) is 1.00. The smallest absolute Gasteiger partial charge is 0.00967 e. The third kappa shape index (κ3) is 5.73. The normalized spacial score (nSPS) is 22.8. The van der Waals surface area contributed by atoms with Crippen molar-refractivity contribution in [2.75, 3.05) is 19.6 Å². The fourth-order valence-corrected chi connectivity index (χ4v) is 3.23. The minimum atomic E-state index is 0.222. The van der Waals surface area contributed by atoms with E-state index in [4.69, 9.17) is 0 Å². The summed E-state index contributed by atoms with van der Waals surface area (Å²) in [6.45, 7) is 17.7. The van der Waals surface area contributed by atoms with Crippen LogP contribution < -0.4 is 5.32 Å². The summed E-state index contributed by atoms with van der Waals surface area (Å²) < 4.78 is 0. The van der Waals surface area contributed by atoms with Gasteiger partial charge in [0.05, 0.1) is 0 Å². The molecule has 1 atom stereocenters. The summed E-state index contributed by atoms with van der Waals surface area (Å²) in [4.78, 5) is 2.77. The molecule has 0 aromatic rings. The van der Waals surface area contributed by atoms with E-state index in [1.807, 2.05) is 0 Å². The van der Waals surface area contributed by atoms with Crippen LogP contribution in [0, 0.1) is 5.41 Å². The van der Waals surface area contributed by atoms with Gasteiger partial charge in [0.25, 0.3) is 0 Å². The third-order valence-electron chi connectivity index (χ3n) is 5.22. The highest BCUT2D eigenvalue weighted by molar-refractivity contribution is 4.87. The Morgan fingerprint density at radius 1 is 1.05 bits per heavy atom. The van der Waals surface area contributed by atoms with Crippen LogP contribution in [0.5, 0.6) is 0 Å². The predicted molar refractivity (Wildman–Crippen MR) is 90.3 cm³/mol. The first-order valence-electron chi connectivity index (χ1n) is 8.81. The predicted octanol–water partition coefficient (Wildman–Crippen LogP) is 4.45. The topological polar surface area (TPSA) is 15.3 Å². The van der Waals surface area contributed by atoms with Crippen LogP contribution in [-0.2, 0) is 0 Å². The van der Waals surface area contributed by atoms with Gasteiger partial charge in [-0.15, -0.1) is 0 Å². The molecule has 0 bridgehead atoms. The van der Waals surface area contributed by atoms with Gasteiger partial charge in [0.1, 0.15) is 0 Å². The standard InChI is InChI=1S/C18H38N2/c1-7-18(8-2,14-19-17(4,5)6)15-20-13-11-9-10-12-16(20)3/h16,19H,7-15H2,1-6H3. The number of hydrogen-bond donors (Lipinski definition) is 1. The van der Waals surface area contributed by atoms with Crippen molar-refractivity contribution < 1.29 is 0 Å². The Morgan fingerprint density at radius 3 is 2.25 bits per heavy atom. The van der Waals surface area contributed by atoms with E-state index < -0.39 is 0 Å². The van der Waals surface area contributed by atoms with Gasteiger partial charge in [0.15, 0.2) is 0 Å². The molecule has 1 N–H and O–H groups in total. The van der Waals surface area contributed by atoms with Gasteiger partial charge in [-0.2, -0.15) is 0 Å².